The van der Waals surface area contributed by atoms with Crippen molar-refractivity contribution in [3.8, 4) is 5.75 Å². The third-order valence-electron chi connectivity index (χ3n) is 12.8. The molecular weight excluding hydrogens is 1050 g/mol. The smallest absolute Gasteiger partial charge is 0.409 e. The second-order valence-corrected chi connectivity index (χ2v) is 18.6. The Bertz CT molecular complexity index is 2970. The van der Waals surface area contributed by atoms with Gasteiger partial charge in [0.1, 0.15) is 11.4 Å². The zero-order valence-electron chi connectivity index (χ0n) is 42.0. The Labute approximate surface area is 446 Å². The van der Waals surface area contributed by atoms with Crippen molar-refractivity contribution < 1.29 is 57.2 Å². The summed E-state index contributed by atoms with van der Waals surface area (Å²) in [7, 11) is 0. The third-order valence-corrected chi connectivity index (χ3v) is 13.6. The molecule has 1 atom stereocenters. The van der Waals surface area contributed by atoms with Gasteiger partial charge in [-0.25, -0.2) is 10.2 Å². The van der Waals surface area contributed by atoms with E-state index in [-0.39, 0.29) is 62.1 Å². The van der Waals surface area contributed by atoms with E-state index in [1.165, 1.54) is 12.2 Å². The molecule has 0 saturated carbocycles. The number of anilines is 2. The molecule has 3 aliphatic heterocycles. The van der Waals surface area contributed by atoms with Gasteiger partial charge < -0.3 is 54.4 Å². The normalized spacial score (nSPS) is 15.4. The average molecular weight is 1110 g/mol. The van der Waals surface area contributed by atoms with Crippen LogP contribution in [0.3, 0.4) is 0 Å². The molecule has 0 aliphatic carbocycles. The molecule has 0 spiro atoms. The Hall–Kier alpha value is -7.34. The molecule has 1 fully saturated rings. The number of benzene rings is 4. The summed E-state index contributed by atoms with van der Waals surface area (Å²) in [5.41, 5.74) is 7.52. The van der Waals surface area contributed by atoms with Gasteiger partial charge in [0, 0.05) is 109 Å². The standard InChI is InChI=1S/C54H60BrN9O12/c1-35(60-61-48(66)15-22-72-24-26-74-28-29-75-27-25-73-23-18-57-47(65)14-19-63-49(67)12-13-50(63)68)36-6-8-37(9-7-36)52(69)58-40-10-11-43-38(30-40)31-44(59-43)53(70)64-34-39(33-55)51-42-5-3-2-4-41(42)46(32-45(51)64)76-54(71)62-20-16-56-17-21-62/h2-13,30-32,39,56,59H,14-29,33-34H2,1H3,(H,57,65)(H,58,69)(H,61,66)/t39-/m1/s1. The maximum absolute atomic E-state index is 14.4. The molecule has 3 aliphatic rings. The number of H-pyrrole nitrogens is 1. The first-order valence-electron chi connectivity index (χ1n) is 25.1. The second kappa shape index (κ2) is 26.9. The van der Waals surface area contributed by atoms with E-state index in [0.29, 0.717) is 124 Å². The number of aromatic amines is 1. The molecule has 7 amide bonds. The van der Waals surface area contributed by atoms with Crippen LogP contribution >= 0.6 is 15.9 Å². The van der Waals surface area contributed by atoms with Crippen molar-refractivity contribution in [3.63, 3.8) is 0 Å². The fourth-order valence-electron chi connectivity index (χ4n) is 8.77. The van der Waals surface area contributed by atoms with Crippen LogP contribution in [0.5, 0.6) is 5.75 Å². The number of carbonyl (C=O) groups is 7. The van der Waals surface area contributed by atoms with Crippen LogP contribution in [0.15, 0.2) is 96.1 Å². The van der Waals surface area contributed by atoms with E-state index >= 15 is 0 Å². The van der Waals surface area contributed by atoms with Crippen LogP contribution in [-0.4, -0.2) is 166 Å². The molecule has 76 heavy (non-hydrogen) atoms. The van der Waals surface area contributed by atoms with E-state index in [1.807, 2.05) is 36.4 Å². The number of fused-ring (bicyclic) bond motifs is 4. The number of hydrogen-bond acceptors (Lipinski definition) is 14. The maximum Gasteiger partial charge on any atom is 0.415 e. The van der Waals surface area contributed by atoms with Crippen LogP contribution in [-0.2, 0) is 38.1 Å². The summed E-state index contributed by atoms with van der Waals surface area (Å²) < 4.78 is 27.9. The van der Waals surface area contributed by atoms with Crippen molar-refractivity contribution in [1.82, 2.24) is 30.8 Å². The first-order valence-corrected chi connectivity index (χ1v) is 26.2. The molecule has 400 valence electrons. The number of alkyl halides is 1. The number of hydrazone groups is 1. The number of imide groups is 1. The number of amides is 7. The van der Waals surface area contributed by atoms with Crippen LogP contribution < -0.4 is 31.0 Å². The van der Waals surface area contributed by atoms with E-state index in [4.69, 9.17) is 23.7 Å². The SMILES string of the molecule is CC(=NNC(=O)CCOCCOCCOCCOCCNC(=O)CCN1C(=O)C=CC1=O)c1ccc(C(=O)Nc2ccc3[nH]c(C(=O)N4C[C@@H](CBr)c5c4cc(OC(=O)N4CCNCC4)c4ccccc54)cc3c2)cc1. The minimum absolute atomic E-state index is 0.000405. The molecule has 5 aromatic rings. The molecule has 0 unspecified atom stereocenters. The van der Waals surface area contributed by atoms with E-state index in [1.54, 1.807) is 59.2 Å². The van der Waals surface area contributed by atoms with Crippen LogP contribution in [0, 0.1) is 0 Å². The van der Waals surface area contributed by atoms with Crippen molar-refractivity contribution in [2.24, 2.45) is 5.10 Å². The molecule has 4 heterocycles. The number of nitrogens with one attached hydrogen (secondary N) is 5. The Morgan fingerprint density at radius 1 is 0.750 bits per heavy atom. The number of nitrogens with zero attached hydrogens (tertiary/aromatic N) is 4. The Morgan fingerprint density at radius 2 is 1.41 bits per heavy atom. The predicted molar refractivity (Wildman–Crippen MR) is 287 cm³/mol. The molecule has 1 aromatic heterocycles. The van der Waals surface area contributed by atoms with Gasteiger partial charge in [-0.05, 0) is 59.8 Å². The van der Waals surface area contributed by atoms with Crippen LogP contribution in [0.25, 0.3) is 21.7 Å². The van der Waals surface area contributed by atoms with Crippen molar-refractivity contribution >= 4 is 96.2 Å². The van der Waals surface area contributed by atoms with Gasteiger partial charge in [-0.1, -0.05) is 52.3 Å². The Balaban J connectivity index is 0.718. The Kier molecular flexibility index (Phi) is 19.5. The summed E-state index contributed by atoms with van der Waals surface area (Å²) in [4.78, 5) is 96.0. The van der Waals surface area contributed by atoms with Crippen LogP contribution in [0.2, 0.25) is 0 Å². The third kappa shape index (κ3) is 14.3. The summed E-state index contributed by atoms with van der Waals surface area (Å²) in [5.74, 6) is -1.62. The number of halogens is 1. The van der Waals surface area contributed by atoms with E-state index < -0.39 is 17.9 Å². The van der Waals surface area contributed by atoms with Gasteiger partial charge in [0.2, 0.25) is 11.8 Å². The number of hydrogen-bond donors (Lipinski definition) is 5. The summed E-state index contributed by atoms with van der Waals surface area (Å²) in [6, 6.07) is 23.6. The quantitative estimate of drug-likeness (QED) is 0.0173. The monoisotopic (exact) mass is 1110 g/mol. The highest BCUT2D eigenvalue weighted by atomic mass is 79.9. The molecule has 0 bridgehead atoms. The zero-order chi connectivity index (χ0) is 53.4. The van der Waals surface area contributed by atoms with E-state index in [0.717, 1.165) is 32.1 Å². The average Bonchev–Trinajstić information content (AvgIpc) is 4.14. The minimum atomic E-state index is -0.425. The van der Waals surface area contributed by atoms with Crippen molar-refractivity contribution in [3.05, 3.63) is 113 Å². The van der Waals surface area contributed by atoms with E-state index in [9.17, 15) is 33.6 Å². The van der Waals surface area contributed by atoms with E-state index in [2.05, 4.69) is 47.4 Å². The summed E-state index contributed by atoms with van der Waals surface area (Å²) >= 11 is 3.68. The molecule has 8 rings (SSSR count). The van der Waals surface area contributed by atoms with Gasteiger partial charge in [0.15, 0.2) is 0 Å². The lowest BCUT2D eigenvalue weighted by Crippen LogP contribution is -2.47. The lowest BCUT2D eigenvalue weighted by molar-refractivity contribution is -0.137. The molecule has 4 aromatic carbocycles. The first kappa shape index (κ1) is 54.9. The molecule has 1 saturated heterocycles. The second-order valence-electron chi connectivity index (χ2n) is 17.9. The number of carbonyl (C=O) groups excluding carboxylic acids is 7. The minimum Gasteiger partial charge on any atom is -0.409 e. The van der Waals surface area contributed by atoms with Gasteiger partial charge in [0.25, 0.3) is 23.6 Å². The number of ether oxygens (including phenoxy) is 5. The first-order chi connectivity index (χ1) is 37.0. The maximum atomic E-state index is 14.4. The number of aromatic nitrogens is 1. The Morgan fingerprint density at radius 3 is 2.11 bits per heavy atom. The van der Waals surface area contributed by atoms with Crippen molar-refractivity contribution in [2.45, 2.75) is 25.7 Å². The number of piperazine rings is 1. The van der Waals surface area contributed by atoms with Gasteiger partial charge in [-0.2, -0.15) is 5.10 Å². The van der Waals surface area contributed by atoms with Gasteiger partial charge >= 0.3 is 6.09 Å². The highest BCUT2D eigenvalue weighted by Gasteiger charge is 2.36. The predicted octanol–water partition coefficient (Wildman–Crippen LogP) is 4.84. The zero-order valence-corrected chi connectivity index (χ0v) is 43.6. The van der Waals surface area contributed by atoms with Crippen molar-refractivity contribution in [1.29, 1.82) is 0 Å². The fourth-order valence-corrected chi connectivity index (χ4v) is 9.30. The lowest BCUT2D eigenvalue weighted by Gasteiger charge is -2.27. The van der Waals surface area contributed by atoms with Crippen molar-refractivity contribution in [2.75, 3.05) is 114 Å². The summed E-state index contributed by atoms with van der Waals surface area (Å²) in [6.45, 7) is 7.43. The molecule has 22 heteroatoms. The summed E-state index contributed by atoms with van der Waals surface area (Å²) in [6.07, 6.45) is 2.05. The highest BCUT2D eigenvalue weighted by molar-refractivity contribution is 9.09. The highest BCUT2D eigenvalue weighted by Crippen LogP contribution is 2.46. The number of rotatable bonds is 25. The van der Waals surface area contributed by atoms with Crippen LogP contribution in [0.1, 0.15) is 57.7 Å². The molecule has 0 radical (unpaired) electrons. The van der Waals surface area contributed by atoms with Gasteiger partial charge in [0.05, 0.1) is 70.7 Å². The van der Waals surface area contributed by atoms with Gasteiger partial charge in [-0.3, -0.25) is 33.7 Å². The topological polar surface area (TPSA) is 252 Å². The fraction of sp³-hybridized carbons (Fsp3) is 0.370. The molecule has 5 N–H and O–H groups in total. The largest absolute Gasteiger partial charge is 0.415 e. The lowest BCUT2D eigenvalue weighted by atomic mass is 9.95. The van der Waals surface area contributed by atoms with Crippen LogP contribution in [0.4, 0.5) is 16.2 Å². The van der Waals surface area contributed by atoms with Gasteiger partial charge in [-0.15, -0.1) is 0 Å². The molecule has 21 nitrogen and oxygen atoms in total. The molecular formula is C54H60BrN9O12. The summed E-state index contributed by atoms with van der Waals surface area (Å²) in [5, 5.41) is 16.2.